The molecule has 2 rings (SSSR count). The fourth-order valence-corrected chi connectivity index (χ4v) is 1.54. The Morgan fingerprint density at radius 2 is 2.19 bits per heavy atom. The maximum Gasteiger partial charge on any atom is 0.0669 e. The third-order valence-electron chi connectivity index (χ3n) is 2.51. The molecule has 2 N–H and O–H groups in total. The largest absolute Gasteiger partial charge is 0.398 e. The van der Waals surface area contributed by atoms with E-state index in [-0.39, 0.29) is 0 Å². The zero-order valence-corrected chi connectivity index (χ0v) is 9.59. The highest BCUT2D eigenvalue weighted by molar-refractivity contribution is 5.45. The highest BCUT2D eigenvalue weighted by atomic mass is 15.3. The van der Waals surface area contributed by atoms with Crippen LogP contribution in [0.3, 0.4) is 0 Å². The highest BCUT2D eigenvalue weighted by Gasteiger charge is 2.05. The van der Waals surface area contributed by atoms with Crippen LogP contribution in [0.4, 0.5) is 5.69 Å². The van der Waals surface area contributed by atoms with E-state index in [0.29, 0.717) is 6.04 Å². The second kappa shape index (κ2) is 4.35. The van der Waals surface area contributed by atoms with Gasteiger partial charge in [0.2, 0.25) is 0 Å². The lowest BCUT2D eigenvalue weighted by molar-refractivity contribution is 0.527. The zero-order chi connectivity index (χ0) is 11.5. The number of rotatable bonds is 3. The van der Waals surface area contributed by atoms with Gasteiger partial charge >= 0.3 is 0 Å². The van der Waals surface area contributed by atoms with Gasteiger partial charge in [-0.3, -0.25) is 9.67 Å². The minimum absolute atomic E-state index is 0.389. The third-order valence-corrected chi connectivity index (χ3v) is 2.51. The van der Waals surface area contributed by atoms with Crippen molar-refractivity contribution in [3.8, 4) is 0 Å². The Morgan fingerprint density at radius 3 is 2.81 bits per heavy atom. The summed E-state index contributed by atoms with van der Waals surface area (Å²) in [6, 6.07) is 4.22. The normalized spacial score (nSPS) is 10.9. The molecule has 2 heterocycles. The van der Waals surface area contributed by atoms with Gasteiger partial charge in [0.1, 0.15) is 0 Å². The van der Waals surface area contributed by atoms with E-state index in [9.17, 15) is 0 Å². The van der Waals surface area contributed by atoms with Crippen LogP contribution in [0.2, 0.25) is 0 Å². The molecule has 4 nitrogen and oxygen atoms in total. The second-order valence-corrected chi connectivity index (χ2v) is 4.13. The van der Waals surface area contributed by atoms with E-state index in [1.165, 1.54) is 0 Å². The van der Waals surface area contributed by atoms with Gasteiger partial charge in [-0.05, 0) is 31.5 Å². The van der Waals surface area contributed by atoms with Gasteiger partial charge in [0.05, 0.1) is 5.69 Å². The van der Waals surface area contributed by atoms with Crippen molar-refractivity contribution in [3.63, 3.8) is 0 Å². The summed E-state index contributed by atoms with van der Waals surface area (Å²) in [6.45, 7) is 4.21. The smallest absolute Gasteiger partial charge is 0.0669 e. The van der Waals surface area contributed by atoms with Crippen molar-refractivity contribution in [1.29, 1.82) is 0 Å². The molecule has 0 aliphatic heterocycles. The fourth-order valence-electron chi connectivity index (χ4n) is 1.54. The molecule has 0 aromatic carbocycles. The Kier molecular flexibility index (Phi) is 2.90. The van der Waals surface area contributed by atoms with E-state index in [2.05, 4.69) is 23.9 Å². The molecule has 0 bridgehead atoms. The van der Waals surface area contributed by atoms with Crippen LogP contribution in [-0.2, 0) is 6.42 Å². The molecule has 0 spiro atoms. The number of nitrogen functional groups attached to an aromatic ring is 1. The van der Waals surface area contributed by atoms with Crippen LogP contribution in [0.15, 0.2) is 30.7 Å². The van der Waals surface area contributed by atoms with Crippen molar-refractivity contribution in [1.82, 2.24) is 14.8 Å². The lowest BCUT2D eigenvalue weighted by Gasteiger charge is -2.04. The van der Waals surface area contributed by atoms with E-state index in [4.69, 9.17) is 5.73 Å². The standard InChI is InChI=1S/C12H16N4/c1-9(2)16-6-4-11(15-16)7-10-8-14-5-3-12(10)13/h3-6,8-9H,7H2,1-2H3,(H2,13,14). The second-order valence-electron chi connectivity index (χ2n) is 4.13. The number of nitrogens with two attached hydrogens (primary N) is 1. The average molecular weight is 216 g/mol. The Bertz CT molecular complexity index is 473. The summed E-state index contributed by atoms with van der Waals surface area (Å²) in [6.07, 6.45) is 6.22. The predicted molar refractivity (Wildman–Crippen MR) is 64.1 cm³/mol. The number of hydrogen-bond acceptors (Lipinski definition) is 3. The molecule has 4 heteroatoms. The Hall–Kier alpha value is -1.84. The maximum atomic E-state index is 5.86. The van der Waals surface area contributed by atoms with Gasteiger partial charge in [-0.2, -0.15) is 5.10 Å². The zero-order valence-electron chi connectivity index (χ0n) is 9.59. The van der Waals surface area contributed by atoms with Crippen LogP contribution in [-0.4, -0.2) is 14.8 Å². The summed E-state index contributed by atoms with van der Waals surface area (Å²) in [5.41, 5.74) is 8.68. The van der Waals surface area contributed by atoms with Gasteiger partial charge in [0.25, 0.3) is 0 Å². The lowest BCUT2D eigenvalue weighted by atomic mass is 10.1. The summed E-state index contributed by atoms with van der Waals surface area (Å²) < 4.78 is 1.95. The van der Waals surface area contributed by atoms with Crippen LogP contribution >= 0.6 is 0 Å². The summed E-state index contributed by atoms with van der Waals surface area (Å²) >= 11 is 0. The first-order valence-electron chi connectivity index (χ1n) is 5.39. The molecular formula is C12H16N4. The minimum Gasteiger partial charge on any atom is -0.398 e. The van der Waals surface area contributed by atoms with Gasteiger partial charge < -0.3 is 5.73 Å². The van der Waals surface area contributed by atoms with E-state index >= 15 is 0 Å². The van der Waals surface area contributed by atoms with Crippen LogP contribution in [0, 0.1) is 0 Å². The fraction of sp³-hybridized carbons (Fsp3) is 0.333. The number of nitrogens with zero attached hydrogens (tertiary/aromatic N) is 3. The first-order chi connectivity index (χ1) is 7.66. The number of hydrogen-bond donors (Lipinski definition) is 1. The number of pyridine rings is 1. The van der Waals surface area contributed by atoms with E-state index < -0.39 is 0 Å². The van der Waals surface area contributed by atoms with Gasteiger partial charge in [0.15, 0.2) is 0 Å². The SMILES string of the molecule is CC(C)n1ccc(Cc2cnccc2N)n1. The molecule has 84 valence electrons. The Balaban J connectivity index is 2.18. The summed E-state index contributed by atoms with van der Waals surface area (Å²) in [4.78, 5) is 4.07. The first kappa shape index (κ1) is 10.7. The third kappa shape index (κ3) is 2.21. The number of aromatic nitrogens is 3. The van der Waals surface area contributed by atoms with Gasteiger partial charge in [-0.15, -0.1) is 0 Å². The highest BCUT2D eigenvalue weighted by Crippen LogP contribution is 2.14. The summed E-state index contributed by atoms with van der Waals surface area (Å²) in [5, 5.41) is 4.48. The van der Waals surface area contributed by atoms with Gasteiger partial charge in [0, 0.05) is 36.7 Å². The summed E-state index contributed by atoms with van der Waals surface area (Å²) in [7, 11) is 0. The molecule has 0 fully saturated rings. The van der Waals surface area contributed by atoms with Crippen molar-refractivity contribution in [2.45, 2.75) is 26.3 Å². The Labute approximate surface area is 95.1 Å². The molecule has 0 radical (unpaired) electrons. The minimum atomic E-state index is 0.389. The van der Waals surface area contributed by atoms with Crippen LogP contribution in [0.1, 0.15) is 31.1 Å². The van der Waals surface area contributed by atoms with E-state index in [1.807, 2.05) is 23.0 Å². The van der Waals surface area contributed by atoms with Gasteiger partial charge in [-0.1, -0.05) is 0 Å². The quantitative estimate of drug-likeness (QED) is 0.854. The van der Waals surface area contributed by atoms with E-state index in [1.54, 1.807) is 12.4 Å². The summed E-state index contributed by atoms with van der Waals surface area (Å²) in [5.74, 6) is 0. The molecule has 0 saturated carbocycles. The monoisotopic (exact) mass is 216 g/mol. The average Bonchev–Trinajstić information content (AvgIpc) is 2.70. The molecule has 2 aromatic rings. The van der Waals surface area contributed by atoms with Crippen LogP contribution in [0.5, 0.6) is 0 Å². The van der Waals surface area contributed by atoms with Crippen LogP contribution < -0.4 is 5.73 Å². The van der Waals surface area contributed by atoms with Gasteiger partial charge in [-0.25, -0.2) is 0 Å². The van der Waals surface area contributed by atoms with Crippen molar-refractivity contribution >= 4 is 5.69 Å². The maximum absolute atomic E-state index is 5.86. The molecule has 0 aliphatic rings. The molecule has 0 amide bonds. The Morgan fingerprint density at radius 1 is 1.38 bits per heavy atom. The molecule has 16 heavy (non-hydrogen) atoms. The van der Waals surface area contributed by atoms with Crippen molar-refractivity contribution in [2.75, 3.05) is 5.73 Å². The van der Waals surface area contributed by atoms with Crippen molar-refractivity contribution in [3.05, 3.63) is 42.0 Å². The van der Waals surface area contributed by atoms with Crippen molar-refractivity contribution in [2.24, 2.45) is 0 Å². The molecule has 0 unspecified atom stereocenters. The lowest BCUT2D eigenvalue weighted by Crippen LogP contribution is -2.02. The topological polar surface area (TPSA) is 56.7 Å². The molecule has 2 aromatic heterocycles. The predicted octanol–water partition coefficient (Wildman–Crippen LogP) is 2.03. The van der Waals surface area contributed by atoms with E-state index in [0.717, 1.165) is 23.4 Å². The number of anilines is 1. The van der Waals surface area contributed by atoms with Crippen LogP contribution in [0.25, 0.3) is 0 Å². The molecular weight excluding hydrogens is 200 g/mol. The first-order valence-corrected chi connectivity index (χ1v) is 5.39. The molecule has 0 atom stereocenters. The molecule has 0 saturated heterocycles. The molecule has 0 aliphatic carbocycles. The van der Waals surface area contributed by atoms with Crippen molar-refractivity contribution < 1.29 is 0 Å².